The van der Waals surface area contributed by atoms with Crippen molar-refractivity contribution in [1.29, 1.82) is 0 Å². The summed E-state index contributed by atoms with van der Waals surface area (Å²) in [6.45, 7) is 6.04. The van der Waals surface area contributed by atoms with Crippen molar-refractivity contribution in [3.63, 3.8) is 0 Å². The maximum Gasteiger partial charge on any atom is 0.246 e. The highest BCUT2D eigenvalue weighted by Gasteiger charge is 2.18. The third kappa shape index (κ3) is 4.76. The van der Waals surface area contributed by atoms with Crippen LogP contribution in [-0.4, -0.2) is 25.0 Å². The predicted molar refractivity (Wildman–Crippen MR) is 105 cm³/mol. The Morgan fingerprint density at radius 2 is 1.67 bits per heavy atom. The van der Waals surface area contributed by atoms with E-state index < -0.39 is 29.3 Å². The lowest BCUT2D eigenvalue weighted by Crippen LogP contribution is -2.33. The number of carbonyl (C=O) groups excluding carboxylic acids is 1. The van der Waals surface area contributed by atoms with Gasteiger partial charge in [-0.25, -0.2) is 8.78 Å². The van der Waals surface area contributed by atoms with Gasteiger partial charge in [0.15, 0.2) is 0 Å². The second kappa shape index (κ2) is 8.37. The number of para-hydroxylation sites is 1. The Kier molecular flexibility index (Phi) is 5.94. The lowest BCUT2D eigenvalue weighted by molar-refractivity contribution is -0.116. The van der Waals surface area contributed by atoms with E-state index in [0.29, 0.717) is 0 Å². The summed E-state index contributed by atoms with van der Waals surface area (Å²) in [4.78, 5) is 14.6. The van der Waals surface area contributed by atoms with Crippen LogP contribution in [0, 0.1) is 17.6 Å². The van der Waals surface area contributed by atoms with Gasteiger partial charge >= 0.3 is 0 Å². The summed E-state index contributed by atoms with van der Waals surface area (Å²) in [6, 6.07) is 10.7. The third-order valence-corrected chi connectivity index (χ3v) is 5.00. The Labute approximate surface area is 158 Å². The molecule has 2 N–H and O–H groups in total. The first kappa shape index (κ1) is 19.1. The maximum absolute atomic E-state index is 13.7. The number of amides is 1. The van der Waals surface area contributed by atoms with Crippen molar-refractivity contribution in [2.24, 2.45) is 5.92 Å². The van der Waals surface area contributed by atoms with Crippen LogP contribution >= 0.6 is 0 Å². The Hall–Kier alpha value is -2.63. The molecule has 1 atom stereocenters. The molecule has 4 nitrogen and oxygen atoms in total. The topological polar surface area (TPSA) is 44.4 Å². The fourth-order valence-electron chi connectivity index (χ4n) is 3.20. The predicted octanol–water partition coefficient (Wildman–Crippen LogP) is 4.64. The molecule has 2 aromatic rings. The Morgan fingerprint density at radius 1 is 1.07 bits per heavy atom. The normalized spacial score (nSPS) is 16.1. The molecule has 0 aromatic heterocycles. The van der Waals surface area contributed by atoms with Gasteiger partial charge in [0.05, 0.1) is 0 Å². The van der Waals surface area contributed by atoms with Crippen molar-refractivity contribution < 1.29 is 13.6 Å². The summed E-state index contributed by atoms with van der Waals surface area (Å²) in [5.41, 5.74) is 1.52. The molecule has 1 amide bonds. The number of hydrogen-bond donors (Lipinski definition) is 2. The van der Waals surface area contributed by atoms with Crippen molar-refractivity contribution in [3.8, 4) is 0 Å². The van der Waals surface area contributed by atoms with Crippen LogP contribution in [-0.2, 0) is 4.79 Å². The van der Waals surface area contributed by atoms with Crippen LogP contribution < -0.4 is 15.5 Å². The molecular formula is C21H25F2N3O. The van der Waals surface area contributed by atoms with Crippen molar-refractivity contribution in [2.75, 3.05) is 28.6 Å². The van der Waals surface area contributed by atoms with Crippen molar-refractivity contribution in [2.45, 2.75) is 32.7 Å². The zero-order chi connectivity index (χ0) is 19.4. The standard InChI is InChI=1S/C21H25F2N3O/c1-14-10-12-26(13-11-14)17-8-6-16(7-9-17)24-15(2)21(27)25-20-18(22)4-3-5-19(20)23/h3-9,14-15,24H,10-13H2,1-2H3,(H,25,27). The van der Waals surface area contributed by atoms with Gasteiger partial charge < -0.3 is 15.5 Å². The summed E-state index contributed by atoms with van der Waals surface area (Å²) in [6.07, 6.45) is 2.40. The summed E-state index contributed by atoms with van der Waals surface area (Å²) in [7, 11) is 0. The monoisotopic (exact) mass is 373 g/mol. The molecule has 1 saturated heterocycles. The average molecular weight is 373 g/mol. The molecule has 1 heterocycles. The van der Waals surface area contributed by atoms with Gasteiger partial charge in [0.2, 0.25) is 5.91 Å². The minimum atomic E-state index is -0.796. The van der Waals surface area contributed by atoms with Crippen molar-refractivity contribution in [3.05, 3.63) is 54.1 Å². The number of rotatable bonds is 5. The van der Waals surface area contributed by atoms with Crippen LogP contribution in [0.5, 0.6) is 0 Å². The Morgan fingerprint density at radius 3 is 2.26 bits per heavy atom. The van der Waals surface area contributed by atoms with Crippen molar-refractivity contribution >= 4 is 23.0 Å². The lowest BCUT2D eigenvalue weighted by atomic mass is 9.99. The van der Waals surface area contributed by atoms with E-state index in [4.69, 9.17) is 0 Å². The van der Waals surface area contributed by atoms with E-state index in [1.54, 1.807) is 6.92 Å². The van der Waals surface area contributed by atoms with E-state index in [2.05, 4.69) is 22.5 Å². The van der Waals surface area contributed by atoms with E-state index in [9.17, 15) is 13.6 Å². The molecule has 1 aliphatic rings. The van der Waals surface area contributed by atoms with Crippen LogP contribution in [0.15, 0.2) is 42.5 Å². The van der Waals surface area contributed by atoms with Gasteiger partial charge in [0.25, 0.3) is 0 Å². The molecule has 1 aliphatic heterocycles. The third-order valence-electron chi connectivity index (χ3n) is 5.00. The van der Waals surface area contributed by atoms with Gasteiger partial charge in [-0.3, -0.25) is 4.79 Å². The fourth-order valence-corrected chi connectivity index (χ4v) is 3.20. The SMILES string of the molecule is CC1CCN(c2ccc(NC(C)C(=O)Nc3c(F)cccc3F)cc2)CC1. The number of nitrogens with one attached hydrogen (secondary N) is 2. The number of anilines is 3. The highest BCUT2D eigenvalue weighted by molar-refractivity contribution is 5.96. The van der Waals surface area contributed by atoms with Crippen LogP contribution in [0.4, 0.5) is 25.8 Å². The van der Waals surface area contributed by atoms with Crippen LogP contribution in [0.2, 0.25) is 0 Å². The van der Waals surface area contributed by atoms with Crippen LogP contribution in [0.1, 0.15) is 26.7 Å². The van der Waals surface area contributed by atoms with Crippen LogP contribution in [0.3, 0.4) is 0 Å². The largest absolute Gasteiger partial charge is 0.374 e. The molecule has 1 unspecified atom stereocenters. The first-order valence-corrected chi connectivity index (χ1v) is 9.30. The molecule has 2 aromatic carbocycles. The lowest BCUT2D eigenvalue weighted by Gasteiger charge is -2.32. The van der Waals surface area contributed by atoms with Gasteiger partial charge in [-0.15, -0.1) is 0 Å². The first-order chi connectivity index (χ1) is 12.9. The Balaban J connectivity index is 1.59. The van der Waals surface area contributed by atoms with E-state index in [0.717, 1.165) is 42.5 Å². The zero-order valence-electron chi connectivity index (χ0n) is 15.6. The Bertz CT molecular complexity index is 766. The molecular weight excluding hydrogens is 348 g/mol. The van der Waals surface area contributed by atoms with Gasteiger partial charge in [-0.2, -0.15) is 0 Å². The highest BCUT2D eigenvalue weighted by Crippen LogP contribution is 2.24. The number of piperidine rings is 1. The minimum Gasteiger partial charge on any atom is -0.374 e. The number of nitrogens with zero attached hydrogens (tertiary/aromatic N) is 1. The molecule has 27 heavy (non-hydrogen) atoms. The van der Waals surface area contributed by atoms with E-state index in [1.807, 2.05) is 24.3 Å². The maximum atomic E-state index is 13.7. The van der Waals surface area contributed by atoms with Crippen molar-refractivity contribution in [1.82, 2.24) is 0 Å². The minimum absolute atomic E-state index is 0.425. The summed E-state index contributed by atoms with van der Waals surface area (Å²) >= 11 is 0. The van der Waals surface area contributed by atoms with E-state index in [1.165, 1.54) is 18.9 Å². The summed E-state index contributed by atoms with van der Waals surface area (Å²) < 4.78 is 27.3. The second-order valence-electron chi connectivity index (χ2n) is 7.17. The molecule has 3 rings (SSSR count). The molecule has 0 radical (unpaired) electrons. The molecule has 0 spiro atoms. The molecule has 144 valence electrons. The quantitative estimate of drug-likeness (QED) is 0.802. The first-order valence-electron chi connectivity index (χ1n) is 9.30. The fraction of sp³-hybridized carbons (Fsp3) is 0.381. The molecule has 0 saturated carbocycles. The number of hydrogen-bond acceptors (Lipinski definition) is 3. The van der Waals surface area contributed by atoms with E-state index >= 15 is 0 Å². The number of carbonyl (C=O) groups is 1. The van der Waals surface area contributed by atoms with Gasteiger partial charge in [0.1, 0.15) is 23.4 Å². The average Bonchev–Trinajstić information content (AvgIpc) is 2.66. The molecule has 1 fully saturated rings. The summed E-state index contributed by atoms with van der Waals surface area (Å²) in [5.74, 6) is -1.32. The van der Waals surface area contributed by atoms with Gasteiger partial charge in [0, 0.05) is 24.5 Å². The molecule has 6 heteroatoms. The van der Waals surface area contributed by atoms with E-state index in [-0.39, 0.29) is 0 Å². The highest BCUT2D eigenvalue weighted by atomic mass is 19.1. The molecule has 0 aliphatic carbocycles. The zero-order valence-corrected chi connectivity index (χ0v) is 15.6. The molecule has 0 bridgehead atoms. The van der Waals surface area contributed by atoms with Gasteiger partial charge in [-0.1, -0.05) is 13.0 Å². The van der Waals surface area contributed by atoms with Gasteiger partial charge in [-0.05, 0) is 62.1 Å². The smallest absolute Gasteiger partial charge is 0.246 e. The van der Waals surface area contributed by atoms with Crippen LogP contribution in [0.25, 0.3) is 0 Å². The number of halogens is 2. The summed E-state index contributed by atoms with van der Waals surface area (Å²) in [5, 5.41) is 5.37. The second-order valence-corrected chi connectivity index (χ2v) is 7.17. The number of benzene rings is 2.